The molecule has 0 saturated carbocycles. The number of benzene rings is 2. The normalized spacial score (nSPS) is 12.4. The minimum atomic E-state index is -2.47. The Labute approximate surface area is 140 Å². The van der Waals surface area contributed by atoms with Gasteiger partial charge in [0.1, 0.15) is 8.31 Å². The quantitative estimate of drug-likeness (QED) is 0.558. The fourth-order valence-electron chi connectivity index (χ4n) is 2.19. The van der Waals surface area contributed by atoms with Gasteiger partial charge in [-0.3, -0.25) is 0 Å². The molecule has 0 aliphatic carbocycles. The molecule has 109 valence electrons. The zero-order valence-corrected chi connectivity index (χ0v) is 16.8. The molecule has 21 heavy (non-hydrogen) atoms. The zero-order chi connectivity index (χ0) is 15.5. The lowest BCUT2D eigenvalue weighted by Crippen LogP contribution is -2.69. The van der Waals surface area contributed by atoms with E-state index in [0.29, 0.717) is 0 Å². The van der Waals surface area contributed by atoms with E-state index in [1.54, 1.807) is 0 Å². The second-order valence-electron chi connectivity index (χ2n) is 5.61. The topological polar surface area (TPSA) is 0 Å². The largest absolute Gasteiger partial charge is 0.239 e. The van der Waals surface area contributed by atoms with Crippen molar-refractivity contribution in [2.45, 2.75) is 13.1 Å². The van der Waals surface area contributed by atoms with Gasteiger partial charge in [-0.05, 0) is 0 Å². The molecule has 0 nitrogen and oxygen atoms in total. The van der Waals surface area contributed by atoms with E-state index in [9.17, 15) is 0 Å². The maximum Gasteiger partial charge on any atom is 0.239 e. The molecule has 1 radical (unpaired) electrons. The highest BCUT2D eigenvalue weighted by Crippen LogP contribution is 2.30. The van der Waals surface area contributed by atoms with Crippen molar-refractivity contribution in [2.24, 2.45) is 0 Å². The molecular formula is C16H19Cl2Si3. The minimum absolute atomic E-state index is 1.18. The smallest absolute Gasteiger partial charge is 0.153 e. The molecule has 0 amide bonds. The Morgan fingerprint density at radius 1 is 0.857 bits per heavy atom. The highest BCUT2D eigenvalue weighted by atomic mass is 35.7. The highest BCUT2D eigenvalue weighted by Gasteiger charge is 2.53. The van der Waals surface area contributed by atoms with E-state index in [-0.39, 0.29) is 0 Å². The lowest BCUT2D eigenvalue weighted by molar-refractivity contribution is 1.74. The third kappa shape index (κ3) is 3.43. The first kappa shape index (κ1) is 16.8. The lowest BCUT2D eigenvalue weighted by Gasteiger charge is -2.36. The van der Waals surface area contributed by atoms with Crippen LogP contribution in [0.1, 0.15) is 0 Å². The van der Waals surface area contributed by atoms with E-state index in [0.717, 1.165) is 0 Å². The lowest BCUT2D eigenvalue weighted by atomic mass is 10.4. The van der Waals surface area contributed by atoms with Gasteiger partial charge in [0.15, 0.2) is 0 Å². The Hall–Kier alpha value is -0.589. The standard InChI is InChI=1S/C16H19Cl2Si3/c1-4-20(2,3)21(17,18)19(15-11-7-5-8-12-15)16-13-9-6-10-14-16/h4-14H,1H2,2-3H3. The van der Waals surface area contributed by atoms with Gasteiger partial charge in [-0.25, -0.2) is 0 Å². The van der Waals surface area contributed by atoms with Crippen molar-refractivity contribution in [3.05, 3.63) is 72.9 Å². The maximum absolute atomic E-state index is 7.10. The Balaban J connectivity index is 2.60. The van der Waals surface area contributed by atoms with E-state index in [1.807, 2.05) is 12.1 Å². The van der Waals surface area contributed by atoms with E-state index in [1.165, 1.54) is 10.4 Å². The average molecular weight is 366 g/mol. The van der Waals surface area contributed by atoms with E-state index >= 15 is 0 Å². The first-order chi connectivity index (χ1) is 9.90. The summed E-state index contributed by atoms with van der Waals surface area (Å²) in [6.45, 7) is 8.49. The molecule has 0 spiro atoms. The summed E-state index contributed by atoms with van der Waals surface area (Å²) in [7, 11) is -3.04. The zero-order valence-electron chi connectivity index (χ0n) is 12.3. The van der Waals surface area contributed by atoms with Gasteiger partial charge in [0.25, 0.3) is 0 Å². The molecule has 0 aromatic heterocycles. The SMILES string of the molecule is C=C[Si](C)(C)[Si](Cl)(Cl)[Si](c1ccccc1)c1ccccc1. The fourth-order valence-corrected chi connectivity index (χ4v) is 25.7. The van der Waals surface area contributed by atoms with Crippen LogP contribution in [-0.2, 0) is 0 Å². The Kier molecular flexibility index (Phi) is 5.33. The molecular weight excluding hydrogens is 347 g/mol. The van der Waals surface area contributed by atoms with Crippen LogP contribution in [0.4, 0.5) is 0 Å². The van der Waals surface area contributed by atoms with Crippen LogP contribution in [0.15, 0.2) is 72.9 Å². The van der Waals surface area contributed by atoms with E-state index < -0.39 is 21.6 Å². The number of halogens is 2. The van der Waals surface area contributed by atoms with Crippen LogP contribution in [0.5, 0.6) is 0 Å². The Morgan fingerprint density at radius 2 is 1.24 bits per heavy atom. The van der Waals surface area contributed by atoms with Crippen molar-refractivity contribution in [1.29, 1.82) is 0 Å². The molecule has 0 N–H and O–H groups in total. The second kappa shape index (κ2) is 6.67. The molecule has 0 heterocycles. The molecule has 0 aliphatic rings. The van der Waals surface area contributed by atoms with Crippen LogP contribution >= 0.6 is 22.2 Å². The van der Waals surface area contributed by atoms with Crippen molar-refractivity contribution < 1.29 is 0 Å². The number of hydrogen-bond acceptors (Lipinski definition) is 0. The van der Waals surface area contributed by atoms with Gasteiger partial charge in [-0.15, -0.1) is 12.3 Å². The van der Waals surface area contributed by atoms with Gasteiger partial charge in [0, 0.05) is 0 Å². The monoisotopic (exact) mass is 365 g/mol. The molecule has 2 aromatic carbocycles. The highest BCUT2D eigenvalue weighted by molar-refractivity contribution is 7.95. The van der Waals surface area contributed by atoms with E-state index in [2.05, 4.69) is 73.9 Å². The molecule has 2 aromatic rings. The van der Waals surface area contributed by atoms with Gasteiger partial charge < -0.3 is 0 Å². The van der Waals surface area contributed by atoms with Crippen molar-refractivity contribution in [3.63, 3.8) is 0 Å². The van der Waals surface area contributed by atoms with E-state index in [4.69, 9.17) is 22.2 Å². The van der Waals surface area contributed by atoms with Crippen LogP contribution in [0.3, 0.4) is 0 Å². The van der Waals surface area contributed by atoms with Gasteiger partial charge >= 0.3 is 0 Å². The molecule has 0 unspecified atom stereocenters. The molecule has 0 bridgehead atoms. The first-order valence-corrected chi connectivity index (χ1v) is 17.5. The van der Waals surface area contributed by atoms with Gasteiger partial charge in [0.2, 0.25) is 5.73 Å². The number of rotatable bonds is 5. The summed E-state index contributed by atoms with van der Waals surface area (Å²) < 4.78 is 0. The molecule has 0 fully saturated rings. The van der Waals surface area contributed by atoms with Crippen LogP contribution in [0.2, 0.25) is 13.1 Å². The van der Waals surface area contributed by atoms with Crippen molar-refractivity contribution in [3.8, 4) is 0 Å². The second-order valence-corrected chi connectivity index (χ2v) is 31.7. The van der Waals surface area contributed by atoms with Gasteiger partial charge in [0.05, 0.1) is 7.59 Å². The predicted octanol–water partition coefficient (Wildman–Crippen LogP) is 3.81. The van der Waals surface area contributed by atoms with Crippen LogP contribution in [-0.4, -0.2) is 21.6 Å². The summed E-state index contributed by atoms with van der Waals surface area (Å²) in [5, 5.41) is 2.60. The molecule has 0 saturated heterocycles. The van der Waals surface area contributed by atoms with Crippen LogP contribution in [0, 0.1) is 0 Å². The third-order valence-corrected chi connectivity index (χ3v) is 38.1. The third-order valence-electron chi connectivity index (χ3n) is 3.76. The van der Waals surface area contributed by atoms with Gasteiger partial charge in [-0.2, -0.15) is 22.2 Å². The summed E-state index contributed by atoms with van der Waals surface area (Å²) in [4.78, 5) is 0. The summed E-state index contributed by atoms with van der Waals surface area (Å²) in [6, 6.07) is 21.0. The van der Waals surface area contributed by atoms with Crippen molar-refractivity contribution in [2.75, 3.05) is 0 Å². The molecule has 0 aliphatic heterocycles. The first-order valence-electron chi connectivity index (χ1n) is 6.90. The summed E-state index contributed by atoms with van der Waals surface area (Å²) >= 11 is 14.2. The Bertz CT molecular complexity index is 558. The predicted molar refractivity (Wildman–Crippen MR) is 103 cm³/mol. The Morgan fingerprint density at radius 3 is 1.57 bits per heavy atom. The average Bonchev–Trinajstić information content (AvgIpc) is 2.49. The van der Waals surface area contributed by atoms with Gasteiger partial charge in [-0.1, -0.05) is 84.1 Å². The van der Waals surface area contributed by atoms with Crippen LogP contribution in [0.25, 0.3) is 0 Å². The summed E-state index contributed by atoms with van der Waals surface area (Å²) in [6.07, 6.45) is 0. The maximum atomic E-state index is 7.10. The van der Waals surface area contributed by atoms with Crippen molar-refractivity contribution in [1.82, 2.24) is 0 Å². The summed E-state index contributed by atoms with van der Waals surface area (Å²) in [5.41, 5.74) is -0.424. The summed E-state index contributed by atoms with van der Waals surface area (Å²) in [5.74, 6) is 0. The molecule has 2 rings (SSSR count). The van der Waals surface area contributed by atoms with Crippen LogP contribution < -0.4 is 10.4 Å². The number of hydrogen-bond donors (Lipinski definition) is 0. The fraction of sp³-hybridized carbons (Fsp3) is 0.125. The minimum Gasteiger partial charge on any atom is -0.153 e. The van der Waals surface area contributed by atoms with Crippen molar-refractivity contribution >= 4 is 54.2 Å². The molecule has 5 heteroatoms. The molecule has 0 atom stereocenters.